The molecule has 4 aromatic rings. The molecule has 0 aliphatic heterocycles. The highest BCUT2D eigenvalue weighted by Crippen LogP contribution is 2.27. The van der Waals surface area contributed by atoms with Gasteiger partial charge >= 0.3 is 0 Å². The molecule has 0 amide bonds. The normalized spacial score (nSPS) is 11.5. The van der Waals surface area contributed by atoms with E-state index in [1.807, 2.05) is 12.1 Å². The molecule has 4 rings (SSSR count). The van der Waals surface area contributed by atoms with Crippen molar-refractivity contribution >= 4 is 17.0 Å². The predicted molar refractivity (Wildman–Crippen MR) is 107 cm³/mol. The maximum Gasteiger partial charge on any atom is 0.137 e. The molecule has 0 bridgehead atoms. The fourth-order valence-corrected chi connectivity index (χ4v) is 3.81. The molecular weight excluding hydrogens is 342 g/mol. The molecule has 1 aromatic carbocycles. The van der Waals surface area contributed by atoms with E-state index in [-0.39, 0.29) is 6.61 Å². The molecule has 3 heterocycles. The molecule has 132 valence electrons. The van der Waals surface area contributed by atoms with Crippen molar-refractivity contribution in [3.63, 3.8) is 0 Å². The molecule has 0 radical (unpaired) electrons. The Morgan fingerprint density at radius 1 is 1.00 bits per heavy atom. The van der Waals surface area contributed by atoms with Gasteiger partial charge in [0.25, 0.3) is 0 Å². The van der Waals surface area contributed by atoms with Crippen LogP contribution in [0.1, 0.15) is 10.4 Å². The van der Waals surface area contributed by atoms with Gasteiger partial charge < -0.3 is 14.4 Å². The smallest absolute Gasteiger partial charge is 0.137 e. The summed E-state index contributed by atoms with van der Waals surface area (Å²) in [5.74, 6) is 0. The van der Waals surface area contributed by atoms with Crippen molar-refractivity contribution in [2.45, 2.75) is 13.2 Å². The van der Waals surface area contributed by atoms with E-state index in [4.69, 9.17) is 4.98 Å². The van der Waals surface area contributed by atoms with Crippen molar-refractivity contribution in [2.24, 2.45) is 0 Å². The van der Waals surface area contributed by atoms with E-state index >= 15 is 0 Å². The Balaban J connectivity index is 1.65. The number of thiophene rings is 1. The Kier molecular flexibility index (Phi) is 4.59. The zero-order valence-corrected chi connectivity index (χ0v) is 15.7. The van der Waals surface area contributed by atoms with Gasteiger partial charge in [0, 0.05) is 29.4 Å². The average molecular weight is 363 g/mol. The summed E-state index contributed by atoms with van der Waals surface area (Å²) in [4.78, 5) is 7.88. The van der Waals surface area contributed by atoms with Gasteiger partial charge in [0.05, 0.1) is 12.3 Å². The molecule has 1 N–H and O–H groups in total. The molecule has 4 nitrogen and oxygen atoms in total. The van der Waals surface area contributed by atoms with Gasteiger partial charge in [-0.05, 0) is 54.4 Å². The number of hydrogen-bond acceptors (Lipinski definition) is 4. The van der Waals surface area contributed by atoms with Crippen molar-refractivity contribution < 1.29 is 5.11 Å². The fourth-order valence-electron chi connectivity index (χ4n) is 3.06. The van der Waals surface area contributed by atoms with E-state index in [0.717, 1.165) is 39.5 Å². The van der Waals surface area contributed by atoms with Crippen LogP contribution in [0.5, 0.6) is 0 Å². The Morgan fingerprint density at radius 3 is 2.46 bits per heavy atom. The molecular formula is C21H21N3OS. The van der Waals surface area contributed by atoms with Crippen LogP contribution in [0.2, 0.25) is 0 Å². The Hall–Kier alpha value is -2.47. The fraction of sp³-hybridized carbons (Fsp3) is 0.190. The summed E-state index contributed by atoms with van der Waals surface area (Å²) in [5.41, 5.74) is 6.57. The van der Waals surface area contributed by atoms with Crippen molar-refractivity contribution in [2.75, 3.05) is 14.1 Å². The number of pyridine rings is 1. The third kappa shape index (κ3) is 3.42. The number of fused-ring (bicyclic) bond motifs is 1. The minimum Gasteiger partial charge on any atom is -0.391 e. The molecule has 26 heavy (non-hydrogen) atoms. The molecule has 0 atom stereocenters. The Morgan fingerprint density at radius 2 is 1.77 bits per heavy atom. The quantitative estimate of drug-likeness (QED) is 0.575. The van der Waals surface area contributed by atoms with Gasteiger partial charge in [-0.25, -0.2) is 4.98 Å². The highest BCUT2D eigenvalue weighted by molar-refractivity contribution is 7.10. The zero-order chi connectivity index (χ0) is 18.1. The third-order valence-corrected chi connectivity index (χ3v) is 5.26. The summed E-state index contributed by atoms with van der Waals surface area (Å²) in [6.45, 7) is 1.03. The predicted octanol–water partition coefficient (Wildman–Crippen LogP) is 4.28. The number of aliphatic hydroxyl groups is 1. The minimum absolute atomic E-state index is 0.0892. The standard InChI is InChI=1S/C21H21N3OS/c1-23(2)10-15-3-5-16(6-4-15)20-12-24-11-17(7-8-21(24)22-20)18-9-19(13-25)26-14-18/h3-9,11-12,14,25H,10,13H2,1-2H3. The summed E-state index contributed by atoms with van der Waals surface area (Å²) in [7, 11) is 4.15. The van der Waals surface area contributed by atoms with Crippen LogP contribution in [-0.4, -0.2) is 33.5 Å². The average Bonchev–Trinajstić information content (AvgIpc) is 3.28. The van der Waals surface area contributed by atoms with Gasteiger partial charge in [-0.15, -0.1) is 11.3 Å². The van der Waals surface area contributed by atoms with Gasteiger partial charge in [0.2, 0.25) is 0 Å². The first-order chi connectivity index (χ1) is 12.6. The SMILES string of the molecule is CN(C)Cc1ccc(-c2cn3cc(-c4csc(CO)c4)ccc3n2)cc1. The summed E-state index contributed by atoms with van der Waals surface area (Å²) in [5, 5.41) is 11.3. The summed E-state index contributed by atoms with van der Waals surface area (Å²) in [6.07, 6.45) is 4.16. The number of rotatable bonds is 5. The van der Waals surface area contributed by atoms with Gasteiger partial charge in [-0.2, -0.15) is 0 Å². The Bertz CT molecular complexity index is 1030. The topological polar surface area (TPSA) is 40.8 Å². The van der Waals surface area contributed by atoms with Crippen molar-refractivity contribution in [3.05, 3.63) is 70.7 Å². The first kappa shape index (κ1) is 17.0. The number of nitrogens with zero attached hydrogens (tertiary/aromatic N) is 3. The van der Waals surface area contributed by atoms with Crippen LogP contribution < -0.4 is 0 Å². The second-order valence-corrected chi connectivity index (χ2v) is 7.70. The molecule has 0 saturated carbocycles. The van der Waals surface area contributed by atoms with Crippen LogP contribution in [0.25, 0.3) is 28.0 Å². The van der Waals surface area contributed by atoms with Gasteiger partial charge in [0.15, 0.2) is 0 Å². The van der Waals surface area contributed by atoms with Crippen LogP contribution in [-0.2, 0) is 13.2 Å². The van der Waals surface area contributed by atoms with Crippen LogP contribution >= 0.6 is 11.3 Å². The van der Waals surface area contributed by atoms with Gasteiger partial charge in [-0.3, -0.25) is 0 Å². The molecule has 0 unspecified atom stereocenters. The first-order valence-corrected chi connectivity index (χ1v) is 9.42. The van der Waals surface area contributed by atoms with E-state index in [1.165, 1.54) is 5.56 Å². The number of aliphatic hydroxyl groups excluding tert-OH is 1. The second-order valence-electron chi connectivity index (χ2n) is 6.70. The van der Waals surface area contributed by atoms with Gasteiger partial charge in [-0.1, -0.05) is 24.3 Å². The highest BCUT2D eigenvalue weighted by atomic mass is 32.1. The number of hydrogen-bond donors (Lipinski definition) is 1. The van der Waals surface area contributed by atoms with E-state index in [2.05, 4.69) is 71.5 Å². The van der Waals surface area contributed by atoms with E-state index < -0.39 is 0 Å². The molecule has 3 aromatic heterocycles. The highest BCUT2D eigenvalue weighted by Gasteiger charge is 2.08. The number of imidazole rings is 1. The molecule has 0 spiro atoms. The lowest BCUT2D eigenvalue weighted by Gasteiger charge is -2.09. The molecule has 5 heteroatoms. The van der Waals surface area contributed by atoms with E-state index in [9.17, 15) is 5.11 Å². The van der Waals surface area contributed by atoms with Crippen molar-refractivity contribution in [3.8, 4) is 22.4 Å². The second kappa shape index (κ2) is 7.03. The largest absolute Gasteiger partial charge is 0.391 e. The summed E-state index contributed by atoms with van der Waals surface area (Å²) in [6, 6.07) is 14.7. The van der Waals surface area contributed by atoms with Crippen molar-refractivity contribution in [1.29, 1.82) is 0 Å². The zero-order valence-electron chi connectivity index (χ0n) is 14.9. The molecule has 0 aliphatic carbocycles. The monoisotopic (exact) mass is 363 g/mol. The lowest BCUT2D eigenvalue weighted by atomic mass is 10.1. The maximum absolute atomic E-state index is 9.26. The minimum atomic E-state index is 0.0892. The van der Waals surface area contributed by atoms with Gasteiger partial charge in [0.1, 0.15) is 5.65 Å². The van der Waals surface area contributed by atoms with Crippen LogP contribution in [0.15, 0.2) is 60.2 Å². The third-order valence-electron chi connectivity index (χ3n) is 4.34. The van der Waals surface area contributed by atoms with Crippen LogP contribution in [0.3, 0.4) is 0 Å². The summed E-state index contributed by atoms with van der Waals surface area (Å²) < 4.78 is 2.06. The van der Waals surface area contributed by atoms with E-state index in [0.29, 0.717) is 0 Å². The lowest BCUT2D eigenvalue weighted by molar-refractivity contribution is 0.285. The molecule has 0 fully saturated rings. The van der Waals surface area contributed by atoms with Crippen LogP contribution in [0.4, 0.5) is 0 Å². The molecule has 0 aliphatic rings. The summed E-state index contributed by atoms with van der Waals surface area (Å²) >= 11 is 1.58. The lowest BCUT2D eigenvalue weighted by Crippen LogP contribution is -2.10. The van der Waals surface area contributed by atoms with Crippen LogP contribution in [0, 0.1) is 0 Å². The Labute approximate surface area is 157 Å². The maximum atomic E-state index is 9.26. The molecule has 0 saturated heterocycles. The van der Waals surface area contributed by atoms with Crippen molar-refractivity contribution in [1.82, 2.24) is 14.3 Å². The van der Waals surface area contributed by atoms with E-state index in [1.54, 1.807) is 11.3 Å². The number of aromatic nitrogens is 2. The number of benzene rings is 1. The first-order valence-electron chi connectivity index (χ1n) is 8.54.